The quantitative estimate of drug-likeness (QED) is 0.349. The second-order valence-corrected chi connectivity index (χ2v) is 11.6. The van der Waals surface area contributed by atoms with Gasteiger partial charge in [0.15, 0.2) is 0 Å². The minimum atomic E-state index is -0.863. The number of halogens is 1. The summed E-state index contributed by atoms with van der Waals surface area (Å²) in [6.45, 7) is 9.67. The van der Waals surface area contributed by atoms with Gasteiger partial charge in [-0.2, -0.15) is 0 Å². The molecule has 0 aliphatic rings. The molecule has 92 valence electrons. The van der Waals surface area contributed by atoms with Crippen LogP contribution in [0, 0.1) is 0 Å². The Bertz CT molecular complexity index is 167. The van der Waals surface area contributed by atoms with E-state index in [1.165, 1.54) is 31.1 Å². The summed E-state index contributed by atoms with van der Waals surface area (Å²) in [5.74, 6) is 0.781. The topological polar surface area (TPSA) is 0 Å². The first-order valence-electron chi connectivity index (χ1n) is 6.27. The van der Waals surface area contributed by atoms with Crippen LogP contribution in [0.25, 0.3) is 0 Å². The summed E-state index contributed by atoms with van der Waals surface area (Å²) in [6, 6.07) is 4.36. The molecule has 0 fully saturated rings. The van der Waals surface area contributed by atoms with Gasteiger partial charge in [-0.3, -0.25) is 0 Å². The van der Waals surface area contributed by atoms with E-state index >= 15 is 0 Å². The molecule has 0 aromatic heterocycles. The number of quaternary nitrogens is 1. The highest BCUT2D eigenvalue weighted by molar-refractivity contribution is 6.78. The van der Waals surface area contributed by atoms with Gasteiger partial charge in [0.1, 0.15) is 0 Å². The largest absolute Gasteiger partial charge is 0.328 e. The monoisotopic (exact) mass is 250 g/mol. The zero-order chi connectivity index (χ0) is 11.9. The fourth-order valence-electron chi connectivity index (χ4n) is 1.88. The normalized spacial score (nSPS) is 13.2. The SMILES string of the molecule is CC[Si](C)(CC)CCC[N+](C)(C)CCCl. The smallest absolute Gasteiger partial charge is 0.0920 e. The summed E-state index contributed by atoms with van der Waals surface area (Å²) in [6.07, 6.45) is 1.38. The maximum atomic E-state index is 5.80. The number of alkyl halides is 1. The van der Waals surface area contributed by atoms with E-state index in [-0.39, 0.29) is 0 Å². The highest BCUT2D eigenvalue weighted by Crippen LogP contribution is 2.22. The molecule has 0 atom stereocenters. The molecule has 0 aromatic rings. The zero-order valence-corrected chi connectivity index (χ0v) is 13.0. The Hall–Kier alpha value is 0.467. The summed E-state index contributed by atoms with van der Waals surface area (Å²) < 4.78 is 1.08. The maximum Gasteiger partial charge on any atom is 0.0920 e. The van der Waals surface area contributed by atoms with Crippen molar-refractivity contribution in [1.29, 1.82) is 0 Å². The number of rotatable bonds is 8. The third-order valence-corrected chi connectivity index (χ3v) is 9.08. The van der Waals surface area contributed by atoms with Crippen LogP contribution < -0.4 is 0 Å². The van der Waals surface area contributed by atoms with Crippen molar-refractivity contribution in [3.05, 3.63) is 0 Å². The second-order valence-electron chi connectivity index (χ2n) is 5.69. The summed E-state index contributed by atoms with van der Waals surface area (Å²) in [5.41, 5.74) is 0. The van der Waals surface area contributed by atoms with Crippen LogP contribution >= 0.6 is 11.6 Å². The fraction of sp³-hybridized carbons (Fsp3) is 1.00. The van der Waals surface area contributed by atoms with Crippen molar-refractivity contribution in [2.45, 2.75) is 44.9 Å². The van der Waals surface area contributed by atoms with Crippen LogP contribution in [0.3, 0.4) is 0 Å². The van der Waals surface area contributed by atoms with E-state index in [1.807, 2.05) is 0 Å². The third kappa shape index (κ3) is 6.59. The molecule has 0 N–H and O–H groups in total. The van der Waals surface area contributed by atoms with Gasteiger partial charge >= 0.3 is 0 Å². The Morgan fingerprint density at radius 3 is 2.00 bits per heavy atom. The lowest BCUT2D eigenvalue weighted by molar-refractivity contribution is -0.887. The van der Waals surface area contributed by atoms with Crippen molar-refractivity contribution in [2.75, 3.05) is 33.1 Å². The summed E-state index contributed by atoms with van der Waals surface area (Å²) in [5, 5.41) is 0. The fourth-order valence-corrected chi connectivity index (χ4v) is 4.55. The summed E-state index contributed by atoms with van der Waals surface area (Å²) >= 11 is 5.80. The molecular weight excluding hydrogens is 222 g/mol. The molecule has 0 saturated heterocycles. The van der Waals surface area contributed by atoms with Crippen LogP contribution in [0.1, 0.15) is 20.3 Å². The van der Waals surface area contributed by atoms with Crippen molar-refractivity contribution in [3.8, 4) is 0 Å². The number of hydrogen-bond acceptors (Lipinski definition) is 0. The van der Waals surface area contributed by atoms with E-state index in [4.69, 9.17) is 11.6 Å². The molecule has 15 heavy (non-hydrogen) atoms. The first-order chi connectivity index (χ1) is 6.89. The van der Waals surface area contributed by atoms with Gasteiger partial charge in [-0.1, -0.05) is 38.5 Å². The minimum absolute atomic E-state index is 0.781. The lowest BCUT2D eigenvalue weighted by atomic mass is 10.4. The molecule has 0 bridgehead atoms. The molecular formula is C12H29ClNSi+. The second kappa shape index (κ2) is 6.92. The van der Waals surface area contributed by atoms with E-state index in [2.05, 4.69) is 34.5 Å². The van der Waals surface area contributed by atoms with Crippen LogP contribution in [0.5, 0.6) is 0 Å². The van der Waals surface area contributed by atoms with Gasteiger partial charge in [-0.15, -0.1) is 11.6 Å². The van der Waals surface area contributed by atoms with Gasteiger partial charge in [0.2, 0.25) is 0 Å². The van der Waals surface area contributed by atoms with E-state index < -0.39 is 8.07 Å². The van der Waals surface area contributed by atoms with E-state index in [0.717, 1.165) is 16.9 Å². The van der Waals surface area contributed by atoms with Crippen LogP contribution in [0.15, 0.2) is 0 Å². The van der Waals surface area contributed by atoms with Crippen molar-refractivity contribution in [1.82, 2.24) is 0 Å². The lowest BCUT2D eigenvalue weighted by Gasteiger charge is -2.31. The Labute approximate surface area is 102 Å². The van der Waals surface area contributed by atoms with Crippen LogP contribution in [0.2, 0.25) is 24.7 Å². The molecule has 3 heteroatoms. The average Bonchev–Trinajstić information content (AvgIpc) is 2.17. The molecule has 0 radical (unpaired) electrons. The van der Waals surface area contributed by atoms with Gasteiger partial charge in [0, 0.05) is 0 Å². The molecule has 0 unspecified atom stereocenters. The number of hydrogen-bond donors (Lipinski definition) is 0. The molecule has 0 amide bonds. The summed E-state index contributed by atoms with van der Waals surface area (Å²) in [4.78, 5) is 0. The van der Waals surface area contributed by atoms with Gasteiger partial charge in [-0.05, 0) is 6.42 Å². The van der Waals surface area contributed by atoms with Gasteiger partial charge in [0.25, 0.3) is 0 Å². The third-order valence-electron chi connectivity index (χ3n) is 3.94. The van der Waals surface area contributed by atoms with E-state index in [9.17, 15) is 0 Å². The Balaban J connectivity index is 3.87. The molecule has 0 saturated carbocycles. The predicted molar refractivity (Wildman–Crippen MR) is 74.6 cm³/mol. The zero-order valence-electron chi connectivity index (χ0n) is 11.3. The summed E-state index contributed by atoms with van der Waals surface area (Å²) in [7, 11) is 3.72. The first kappa shape index (κ1) is 15.5. The Morgan fingerprint density at radius 2 is 1.60 bits per heavy atom. The molecule has 0 rings (SSSR count). The van der Waals surface area contributed by atoms with Crippen molar-refractivity contribution in [2.24, 2.45) is 0 Å². The minimum Gasteiger partial charge on any atom is -0.328 e. The average molecular weight is 251 g/mol. The maximum absolute atomic E-state index is 5.80. The Morgan fingerprint density at radius 1 is 1.07 bits per heavy atom. The number of nitrogens with zero attached hydrogens (tertiary/aromatic N) is 1. The van der Waals surface area contributed by atoms with Crippen LogP contribution in [0.4, 0.5) is 0 Å². The molecule has 0 aromatic carbocycles. The van der Waals surface area contributed by atoms with Crippen molar-refractivity contribution < 1.29 is 4.48 Å². The van der Waals surface area contributed by atoms with Crippen LogP contribution in [-0.4, -0.2) is 45.6 Å². The standard InChI is InChI=1S/C12H29ClNSi/c1-6-15(5,7-2)12-8-10-14(3,4)11-9-13/h6-12H2,1-5H3/q+1. The molecule has 1 nitrogen and oxygen atoms in total. The highest BCUT2D eigenvalue weighted by Gasteiger charge is 2.23. The molecule has 0 spiro atoms. The molecule has 0 aliphatic heterocycles. The van der Waals surface area contributed by atoms with Crippen molar-refractivity contribution >= 4 is 19.7 Å². The van der Waals surface area contributed by atoms with Gasteiger partial charge in [-0.25, -0.2) is 0 Å². The van der Waals surface area contributed by atoms with Crippen LogP contribution in [-0.2, 0) is 0 Å². The molecule has 0 aliphatic carbocycles. The van der Waals surface area contributed by atoms with Crippen molar-refractivity contribution in [3.63, 3.8) is 0 Å². The van der Waals surface area contributed by atoms with E-state index in [1.54, 1.807) is 0 Å². The predicted octanol–water partition coefficient (Wildman–Crippen LogP) is 3.81. The lowest BCUT2D eigenvalue weighted by Crippen LogP contribution is -2.42. The highest BCUT2D eigenvalue weighted by atomic mass is 35.5. The van der Waals surface area contributed by atoms with Gasteiger partial charge in [0.05, 0.1) is 41.1 Å². The Kier molecular flexibility index (Phi) is 7.14. The molecule has 0 heterocycles. The van der Waals surface area contributed by atoms with Gasteiger partial charge < -0.3 is 4.48 Å². The first-order valence-corrected chi connectivity index (χ1v) is 9.92. The van der Waals surface area contributed by atoms with E-state index in [0.29, 0.717) is 0 Å².